The Labute approximate surface area is 94.6 Å². The highest BCUT2D eigenvalue weighted by molar-refractivity contribution is 4.93. The van der Waals surface area contributed by atoms with Crippen LogP contribution in [0.5, 0.6) is 0 Å². The van der Waals surface area contributed by atoms with Gasteiger partial charge in [-0.3, -0.25) is 0 Å². The summed E-state index contributed by atoms with van der Waals surface area (Å²) >= 11 is 0. The van der Waals surface area contributed by atoms with E-state index < -0.39 is 30.6 Å². The number of hydrogen-bond acceptors (Lipinski definition) is 5. The van der Waals surface area contributed by atoms with Gasteiger partial charge in [-0.25, -0.2) is 0 Å². The summed E-state index contributed by atoms with van der Waals surface area (Å²) in [5.74, 6) is -0.507. The Kier molecular flexibility index (Phi) is 2.68. The van der Waals surface area contributed by atoms with Crippen molar-refractivity contribution in [1.29, 1.82) is 0 Å². The summed E-state index contributed by atoms with van der Waals surface area (Å²) < 4.78 is 22.2. The van der Waals surface area contributed by atoms with Crippen LogP contribution in [0.1, 0.15) is 32.1 Å². The van der Waals surface area contributed by atoms with E-state index in [9.17, 15) is 5.11 Å². The first kappa shape index (κ1) is 10.9. The Balaban J connectivity index is 1.71. The first-order valence-corrected chi connectivity index (χ1v) is 5.96. The molecule has 1 saturated carbocycles. The number of rotatable bonds is 1. The highest BCUT2D eigenvalue weighted by atomic mass is 16.9. The van der Waals surface area contributed by atoms with Gasteiger partial charge in [0.1, 0.15) is 12.2 Å². The lowest BCUT2D eigenvalue weighted by Gasteiger charge is -2.33. The minimum absolute atomic E-state index is 0.400. The quantitative estimate of drug-likeness (QED) is 0.720. The van der Waals surface area contributed by atoms with Gasteiger partial charge in [-0.05, 0) is 12.8 Å². The number of fused-ring (bicyclic) bond motifs is 1. The maximum absolute atomic E-state index is 9.92. The van der Waals surface area contributed by atoms with Crippen molar-refractivity contribution in [2.45, 2.75) is 62.7 Å². The molecule has 0 aromatic carbocycles. The molecule has 5 heteroatoms. The minimum atomic E-state index is -0.753. The fraction of sp³-hybridized carbons (Fsp3) is 1.00. The molecule has 3 aliphatic rings. The van der Waals surface area contributed by atoms with Gasteiger partial charge >= 0.3 is 0 Å². The second-order valence-electron chi connectivity index (χ2n) is 4.77. The van der Waals surface area contributed by atoms with Gasteiger partial charge in [0.15, 0.2) is 18.4 Å². The highest BCUT2D eigenvalue weighted by Crippen LogP contribution is 2.44. The molecule has 0 radical (unpaired) electrons. The number of methoxy groups -OCH3 is 1. The van der Waals surface area contributed by atoms with E-state index in [2.05, 4.69) is 0 Å². The molecule has 2 aliphatic heterocycles. The summed E-state index contributed by atoms with van der Waals surface area (Å²) in [6.07, 6.45) is 3.00. The number of aliphatic hydroxyl groups is 1. The Morgan fingerprint density at radius 1 is 1.19 bits per heavy atom. The molecule has 2 saturated heterocycles. The Bertz CT molecular complexity index is 263. The standard InChI is InChI=1S/C11H18O5/c1-13-9-7(12)8-10(14-9)16-11(15-8)5-3-2-4-6-11/h7-10,12H,2-6H2,1H3. The fourth-order valence-electron chi connectivity index (χ4n) is 2.83. The molecule has 4 atom stereocenters. The first-order chi connectivity index (χ1) is 7.74. The van der Waals surface area contributed by atoms with Crippen molar-refractivity contribution >= 4 is 0 Å². The maximum Gasteiger partial charge on any atom is 0.193 e. The van der Waals surface area contributed by atoms with Crippen LogP contribution >= 0.6 is 0 Å². The van der Waals surface area contributed by atoms with Crippen LogP contribution in [0.25, 0.3) is 0 Å². The lowest BCUT2D eigenvalue weighted by atomic mass is 9.94. The zero-order valence-electron chi connectivity index (χ0n) is 9.43. The van der Waals surface area contributed by atoms with Gasteiger partial charge in [0, 0.05) is 20.0 Å². The molecule has 92 valence electrons. The van der Waals surface area contributed by atoms with Crippen LogP contribution in [0.3, 0.4) is 0 Å². The third kappa shape index (κ3) is 1.58. The van der Waals surface area contributed by atoms with E-state index in [1.807, 2.05) is 0 Å². The molecule has 0 aromatic rings. The van der Waals surface area contributed by atoms with E-state index in [4.69, 9.17) is 18.9 Å². The Morgan fingerprint density at radius 3 is 2.56 bits per heavy atom. The van der Waals surface area contributed by atoms with Crippen molar-refractivity contribution in [3.8, 4) is 0 Å². The van der Waals surface area contributed by atoms with E-state index in [1.165, 1.54) is 13.5 Å². The molecule has 0 amide bonds. The normalized spacial score (nSPS) is 46.1. The summed E-state index contributed by atoms with van der Waals surface area (Å²) in [4.78, 5) is 0. The van der Waals surface area contributed by atoms with Crippen molar-refractivity contribution in [1.82, 2.24) is 0 Å². The van der Waals surface area contributed by atoms with Gasteiger partial charge in [-0.2, -0.15) is 0 Å². The summed E-state index contributed by atoms with van der Waals surface area (Å²) in [6.45, 7) is 0. The van der Waals surface area contributed by atoms with E-state index >= 15 is 0 Å². The van der Waals surface area contributed by atoms with Gasteiger partial charge in [-0.1, -0.05) is 6.42 Å². The summed E-state index contributed by atoms with van der Waals surface area (Å²) in [6, 6.07) is 0. The van der Waals surface area contributed by atoms with Crippen LogP contribution in [-0.4, -0.2) is 42.8 Å². The van der Waals surface area contributed by atoms with Crippen molar-refractivity contribution in [2.24, 2.45) is 0 Å². The zero-order valence-corrected chi connectivity index (χ0v) is 9.43. The summed E-state index contributed by atoms with van der Waals surface area (Å²) in [5, 5.41) is 9.92. The summed E-state index contributed by atoms with van der Waals surface area (Å²) in [5.41, 5.74) is 0. The third-order valence-electron chi connectivity index (χ3n) is 3.68. The van der Waals surface area contributed by atoms with Gasteiger partial charge in [0.2, 0.25) is 0 Å². The van der Waals surface area contributed by atoms with E-state index in [0.717, 1.165) is 25.7 Å². The predicted molar refractivity (Wildman–Crippen MR) is 53.5 cm³/mol. The van der Waals surface area contributed by atoms with Crippen molar-refractivity contribution < 1.29 is 24.1 Å². The van der Waals surface area contributed by atoms with Crippen LogP contribution in [0.4, 0.5) is 0 Å². The van der Waals surface area contributed by atoms with Gasteiger partial charge in [-0.15, -0.1) is 0 Å². The smallest absolute Gasteiger partial charge is 0.193 e. The topological polar surface area (TPSA) is 57.2 Å². The zero-order chi connectivity index (χ0) is 11.2. The van der Waals surface area contributed by atoms with E-state index in [1.54, 1.807) is 0 Å². The Hall–Kier alpha value is -0.200. The Morgan fingerprint density at radius 2 is 1.94 bits per heavy atom. The lowest BCUT2D eigenvalue weighted by molar-refractivity contribution is -0.275. The first-order valence-electron chi connectivity index (χ1n) is 5.96. The molecule has 0 aromatic heterocycles. The van der Waals surface area contributed by atoms with Crippen LogP contribution in [0, 0.1) is 0 Å². The van der Waals surface area contributed by atoms with Gasteiger partial charge in [0.05, 0.1) is 0 Å². The molecule has 3 fully saturated rings. The molecule has 1 spiro atoms. The monoisotopic (exact) mass is 230 g/mol. The average Bonchev–Trinajstić information content (AvgIpc) is 2.77. The number of hydrogen-bond donors (Lipinski definition) is 1. The van der Waals surface area contributed by atoms with Crippen LogP contribution < -0.4 is 0 Å². The predicted octanol–water partition coefficient (Wildman–Crippen LogP) is 0.752. The summed E-state index contributed by atoms with van der Waals surface area (Å²) in [7, 11) is 1.51. The molecule has 4 unspecified atom stereocenters. The lowest BCUT2D eigenvalue weighted by Crippen LogP contribution is -2.39. The molecule has 2 heterocycles. The second-order valence-corrected chi connectivity index (χ2v) is 4.77. The van der Waals surface area contributed by atoms with Crippen LogP contribution in [0.15, 0.2) is 0 Å². The van der Waals surface area contributed by atoms with E-state index in [-0.39, 0.29) is 0 Å². The largest absolute Gasteiger partial charge is 0.385 e. The molecular formula is C11H18O5. The van der Waals surface area contributed by atoms with Gasteiger partial charge < -0.3 is 24.1 Å². The van der Waals surface area contributed by atoms with Crippen molar-refractivity contribution in [3.05, 3.63) is 0 Å². The molecule has 1 aliphatic carbocycles. The maximum atomic E-state index is 9.92. The third-order valence-corrected chi connectivity index (χ3v) is 3.68. The van der Waals surface area contributed by atoms with Crippen LogP contribution in [0.2, 0.25) is 0 Å². The van der Waals surface area contributed by atoms with Crippen LogP contribution in [-0.2, 0) is 18.9 Å². The SMILES string of the molecule is COC1OC2OC3(CCCCC3)OC2C1O. The fourth-order valence-corrected chi connectivity index (χ4v) is 2.83. The van der Waals surface area contributed by atoms with Gasteiger partial charge in [0.25, 0.3) is 0 Å². The molecule has 5 nitrogen and oxygen atoms in total. The molecule has 1 N–H and O–H groups in total. The number of aliphatic hydroxyl groups excluding tert-OH is 1. The minimum Gasteiger partial charge on any atom is -0.385 e. The van der Waals surface area contributed by atoms with Crippen molar-refractivity contribution in [2.75, 3.05) is 7.11 Å². The van der Waals surface area contributed by atoms with E-state index in [0.29, 0.717) is 0 Å². The average molecular weight is 230 g/mol. The van der Waals surface area contributed by atoms with Crippen molar-refractivity contribution in [3.63, 3.8) is 0 Å². The second kappa shape index (κ2) is 3.92. The molecule has 16 heavy (non-hydrogen) atoms. The number of ether oxygens (including phenoxy) is 4. The highest BCUT2D eigenvalue weighted by Gasteiger charge is 2.57. The molecular weight excluding hydrogens is 212 g/mol. The molecule has 0 bridgehead atoms. The molecule has 3 rings (SSSR count).